The number of rotatable bonds is 4. The molecule has 5 rings (SSSR count). The summed E-state index contributed by atoms with van der Waals surface area (Å²) < 4.78 is 2.08. The van der Waals surface area contributed by atoms with Gasteiger partial charge in [-0.25, -0.2) is 15.0 Å². The zero-order valence-electron chi connectivity index (χ0n) is 13.3. The van der Waals surface area contributed by atoms with Crippen LogP contribution >= 0.6 is 0 Å². The fourth-order valence-electron chi connectivity index (χ4n) is 3.66. The van der Waals surface area contributed by atoms with Crippen molar-refractivity contribution < 1.29 is 5.11 Å². The minimum absolute atomic E-state index is 0.281. The molecule has 0 saturated heterocycles. The van der Waals surface area contributed by atoms with Gasteiger partial charge in [0.25, 0.3) is 0 Å². The molecule has 0 amide bonds. The average molecular weight is 321 g/mol. The van der Waals surface area contributed by atoms with Crippen molar-refractivity contribution in [1.82, 2.24) is 19.5 Å². The predicted octanol–water partition coefficient (Wildman–Crippen LogP) is 2.62. The van der Waals surface area contributed by atoms with Crippen LogP contribution in [0.15, 0.2) is 36.9 Å². The summed E-state index contributed by atoms with van der Waals surface area (Å²) >= 11 is 0. The zero-order chi connectivity index (χ0) is 16.1. The Morgan fingerprint density at radius 3 is 2.79 bits per heavy atom. The Balaban J connectivity index is 1.48. The molecule has 2 atom stereocenters. The molecule has 2 heterocycles. The Hall–Kier alpha value is -2.47. The highest BCUT2D eigenvalue weighted by Gasteiger charge is 2.30. The minimum Gasteiger partial charge on any atom is -0.388 e. The van der Waals surface area contributed by atoms with E-state index >= 15 is 0 Å². The summed E-state index contributed by atoms with van der Waals surface area (Å²) in [6.45, 7) is 0.768. The zero-order valence-corrected chi connectivity index (χ0v) is 13.3. The third kappa shape index (κ3) is 2.26. The molecule has 6 nitrogen and oxygen atoms in total. The van der Waals surface area contributed by atoms with Gasteiger partial charge in [-0.05, 0) is 30.4 Å². The molecule has 24 heavy (non-hydrogen) atoms. The molecule has 1 fully saturated rings. The normalized spacial score (nSPS) is 22.7. The van der Waals surface area contributed by atoms with Crippen LogP contribution in [0.5, 0.6) is 0 Å². The van der Waals surface area contributed by atoms with Gasteiger partial charge in [0.1, 0.15) is 11.8 Å². The van der Waals surface area contributed by atoms with Crippen LogP contribution in [0.1, 0.15) is 42.4 Å². The van der Waals surface area contributed by atoms with Gasteiger partial charge >= 0.3 is 0 Å². The maximum Gasteiger partial charge on any atom is 0.165 e. The second-order valence-electron chi connectivity index (χ2n) is 6.79. The van der Waals surface area contributed by atoms with Gasteiger partial charge in [0, 0.05) is 18.5 Å². The highest BCUT2D eigenvalue weighted by atomic mass is 16.3. The van der Waals surface area contributed by atoms with Crippen LogP contribution in [-0.4, -0.2) is 30.7 Å². The van der Waals surface area contributed by atoms with Crippen LogP contribution in [0.2, 0.25) is 0 Å². The molecule has 0 radical (unpaired) electrons. The third-order valence-electron chi connectivity index (χ3n) is 5.04. The van der Waals surface area contributed by atoms with E-state index in [9.17, 15) is 5.11 Å². The molecule has 0 aliphatic heterocycles. The number of imidazole rings is 1. The van der Waals surface area contributed by atoms with E-state index < -0.39 is 0 Å². The lowest BCUT2D eigenvalue weighted by Gasteiger charge is -2.12. The fourth-order valence-corrected chi connectivity index (χ4v) is 3.66. The maximum atomic E-state index is 10.3. The summed E-state index contributed by atoms with van der Waals surface area (Å²) in [6.07, 6.45) is 6.21. The van der Waals surface area contributed by atoms with Crippen molar-refractivity contribution >= 4 is 17.0 Å². The second kappa shape index (κ2) is 5.27. The van der Waals surface area contributed by atoms with Crippen molar-refractivity contribution in [3.05, 3.63) is 48.0 Å². The number of fused-ring (bicyclic) bond motifs is 2. The number of nitrogens with zero attached hydrogens (tertiary/aromatic N) is 4. The molecule has 2 N–H and O–H groups in total. The lowest BCUT2D eigenvalue weighted by molar-refractivity contribution is 0.171. The van der Waals surface area contributed by atoms with Crippen LogP contribution in [-0.2, 0) is 6.54 Å². The summed E-state index contributed by atoms with van der Waals surface area (Å²) in [6, 6.07) is 8.69. The number of hydrogen-bond acceptors (Lipinski definition) is 5. The molecule has 0 spiro atoms. The smallest absolute Gasteiger partial charge is 0.165 e. The molecular weight excluding hydrogens is 302 g/mol. The first kappa shape index (κ1) is 13.9. The largest absolute Gasteiger partial charge is 0.388 e. The second-order valence-corrected chi connectivity index (χ2v) is 6.79. The first-order valence-corrected chi connectivity index (χ1v) is 8.49. The van der Waals surface area contributed by atoms with Crippen molar-refractivity contribution in [2.75, 3.05) is 5.32 Å². The van der Waals surface area contributed by atoms with Crippen molar-refractivity contribution in [2.45, 2.75) is 43.9 Å². The molecular formula is C18H19N5O. The van der Waals surface area contributed by atoms with Gasteiger partial charge in [0.15, 0.2) is 11.5 Å². The van der Waals surface area contributed by atoms with Crippen molar-refractivity contribution in [1.29, 1.82) is 0 Å². The number of anilines is 1. The number of aromatic nitrogens is 4. The van der Waals surface area contributed by atoms with E-state index in [1.807, 2.05) is 24.5 Å². The quantitative estimate of drug-likeness (QED) is 0.772. The molecule has 6 heteroatoms. The number of aliphatic hydroxyl groups excluding tert-OH is 1. The minimum atomic E-state index is -0.372. The van der Waals surface area contributed by atoms with E-state index in [0.29, 0.717) is 6.04 Å². The van der Waals surface area contributed by atoms with Crippen LogP contribution in [0.25, 0.3) is 11.2 Å². The predicted molar refractivity (Wildman–Crippen MR) is 90.7 cm³/mol. The molecule has 3 aromatic rings. The Labute approximate surface area is 139 Å². The van der Waals surface area contributed by atoms with Crippen LogP contribution in [0, 0.1) is 0 Å². The SMILES string of the molecule is O[C@H]1C[C@@H](Cn2cnc3c(NC4CC4)ncnc32)c2ccccc21. The van der Waals surface area contributed by atoms with Gasteiger partial charge in [-0.1, -0.05) is 24.3 Å². The topological polar surface area (TPSA) is 75.9 Å². The van der Waals surface area contributed by atoms with E-state index in [4.69, 9.17) is 0 Å². The monoisotopic (exact) mass is 321 g/mol. The lowest BCUT2D eigenvalue weighted by Crippen LogP contribution is -2.08. The average Bonchev–Trinajstić information content (AvgIpc) is 3.24. The molecule has 1 saturated carbocycles. The van der Waals surface area contributed by atoms with Crippen LogP contribution < -0.4 is 5.32 Å². The Bertz CT molecular complexity index is 901. The standard InChI is InChI=1S/C18H19N5O/c24-15-7-11(13-3-1-2-4-14(13)15)8-23-10-21-16-17(22-12-5-6-12)19-9-20-18(16)23/h1-4,9-12,15,24H,5-8H2,(H,19,20,22)/t11-,15-/m0/s1. The number of benzene rings is 1. The Morgan fingerprint density at radius 1 is 1.12 bits per heavy atom. The molecule has 2 aromatic heterocycles. The molecule has 122 valence electrons. The summed E-state index contributed by atoms with van der Waals surface area (Å²) in [5.74, 6) is 1.11. The van der Waals surface area contributed by atoms with E-state index in [0.717, 1.165) is 35.5 Å². The van der Waals surface area contributed by atoms with Gasteiger partial charge in [-0.3, -0.25) is 0 Å². The van der Waals surface area contributed by atoms with E-state index in [1.165, 1.54) is 18.4 Å². The first-order valence-electron chi connectivity index (χ1n) is 8.49. The Morgan fingerprint density at radius 2 is 1.96 bits per heavy atom. The number of nitrogens with one attached hydrogen (secondary N) is 1. The van der Waals surface area contributed by atoms with E-state index in [-0.39, 0.29) is 12.0 Å². The Kier molecular flexibility index (Phi) is 3.06. The molecule has 2 aliphatic carbocycles. The summed E-state index contributed by atoms with van der Waals surface area (Å²) in [5.41, 5.74) is 3.97. The van der Waals surface area contributed by atoms with Gasteiger partial charge < -0.3 is 15.0 Å². The fraction of sp³-hybridized carbons (Fsp3) is 0.389. The van der Waals surface area contributed by atoms with E-state index in [1.54, 1.807) is 6.33 Å². The summed E-state index contributed by atoms with van der Waals surface area (Å²) in [5, 5.41) is 13.7. The third-order valence-corrected chi connectivity index (χ3v) is 5.04. The number of hydrogen-bond donors (Lipinski definition) is 2. The summed E-state index contributed by atoms with van der Waals surface area (Å²) in [7, 11) is 0. The van der Waals surface area contributed by atoms with Crippen molar-refractivity contribution in [3.63, 3.8) is 0 Å². The summed E-state index contributed by atoms with van der Waals surface area (Å²) in [4.78, 5) is 13.3. The van der Waals surface area contributed by atoms with Crippen LogP contribution in [0.3, 0.4) is 0 Å². The molecule has 1 aromatic carbocycles. The first-order chi connectivity index (χ1) is 11.8. The van der Waals surface area contributed by atoms with Crippen LogP contribution in [0.4, 0.5) is 5.82 Å². The maximum absolute atomic E-state index is 10.3. The van der Waals surface area contributed by atoms with E-state index in [2.05, 4.69) is 30.9 Å². The molecule has 2 aliphatic rings. The number of aliphatic hydroxyl groups is 1. The van der Waals surface area contributed by atoms with Gasteiger partial charge in [0.2, 0.25) is 0 Å². The van der Waals surface area contributed by atoms with Gasteiger partial charge in [-0.15, -0.1) is 0 Å². The van der Waals surface area contributed by atoms with Gasteiger partial charge in [-0.2, -0.15) is 0 Å². The van der Waals surface area contributed by atoms with Crippen molar-refractivity contribution in [3.8, 4) is 0 Å². The van der Waals surface area contributed by atoms with Crippen molar-refractivity contribution in [2.24, 2.45) is 0 Å². The lowest BCUT2D eigenvalue weighted by atomic mass is 10.0. The highest BCUT2D eigenvalue weighted by Crippen LogP contribution is 2.41. The molecule has 0 unspecified atom stereocenters. The highest BCUT2D eigenvalue weighted by molar-refractivity contribution is 5.82. The van der Waals surface area contributed by atoms with Gasteiger partial charge in [0.05, 0.1) is 12.4 Å². The molecule has 0 bridgehead atoms.